The zero-order valence-electron chi connectivity index (χ0n) is 32.1. The Bertz CT molecular complexity index is 2360. The molecule has 0 saturated carbocycles. The zero-order chi connectivity index (χ0) is 41.0. The molecule has 3 amide bonds. The van der Waals surface area contributed by atoms with E-state index in [1.54, 1.807) is 37.5 Å². The van der Waals surface area contributed by atoms with Crippen molar-refractivity contribution in [2.75, 3.05) is 37.9 Å². The van der Waals surface area contributed by atoms with E-state index in [4.69, 9.17) is 25.6 Å². The van der Waals surface area contributed by atoms with Crippen LogP contribution in [0.2, 0.25) is 5.02 Å². The van der Waals surface area contributed by atoms with E-state index in [0.29, 0.717) is 30.2 Å². The Morgan fingerprint density at radius 3 is 2.17 bits per heavy atom. The molecule has 0 spiro atoms. The summed E-state index contributed by atoms with van der Waals surface area (Å²) in [4.78, 5) is 54.8. The summed E-state index contributed by atoms with van der Waals surface area (Å²) < 4.78 is 31.0. The number of fused-ring (bicyclic) bond motifs is 2. The van der Waals surface area contributed by atoms with Gasteiger partial charge in [-0.3, -0.25) is 15.4 Å². The molecule has 0 aliphatic rings. The number of amides is 3. The number of rotatable bonds is 17. The molecule has 3 heterocycles. The van der Waals surface area contributed by atoms with E-state index >= 15 is 0 Å². The number of hydrogen-bond acceptors (Lipinski definition) is 12. The predicted molar refractivity (Wildman–Crippen MR) is 216 cm³/mol. The van der Waals surface area contributed by atoms with Gasteiger partial charge in [-0.05, 0) is 68.4 Å². The summed E-state index contributed by atoms with van der Waals surface area (Å²) in [7, 11) is 3.71. The molecule has 6 rings (SSSR count). The van der Waals surface area contributed by atoms with Crippen molar-refractivity contribution in [3.63, 3.8) is 0 Å². The van der Waals surface area contributed by atoms with Crippen LogP contribution < -0.4 is 21.3 Å². The van der Waals surface area contributed by atoms with E-state index in [0.717, 1.165) is 21.5 Å². The smallest absolute Gasteiger partial charge is 0.413 e. The Balaban J connectivity index is 1.12. The number of nitrogens with one attached hydrogen (secondary N) is 4. The van der Waals surface area contributed by atoms with Crippen LogP contribution in [0.15, 0.2) is 95.8 Å². The maximum absolute atomic E-state index is 14.1. The van der Waals surface area contributed by atoms with Crippen molar-refractivity contribution in [3.8, 4) is 0 Å². The summed E-state index contributed by atoms with van der Waals surface area (Å²) in [5.74, 6) is -0.843. The van der Waals surface area contributed by atoms with E-state index in [9.17, 15) is 18.8 Å². The van der Waals surface area contributed by atoms with Gasteiger partial charge in [0.1, 0.15) is 29.6 Å². The third kappa shape index (κ3) is 11.4. The molecule has 4 N–H and O–H groups in total. The highest BCUT2D eigenvalue weighted by atomic mass is 35.5. The van der Waals surface area contributed by atoms with Crippen LogP contribution in [-0.4, -0.2) is 76.5 Å². The summed E-state index contributed by atoms with van der Waals surface area (Å²) in [6.07, 6.45) is 1.29. The van der Waals surface area contributed by atoms with Gasteiger partial charge in [0.25, 0.3) is 0 Å². The first-order valence-corrected chi connectivity index (χ1v) is 18.9. The average Bonchev–Trinajstić information content (AvgIpc) is 3.67. The summed E-state index contributed by atoms with van der Waals surface area (Å²) in [6, 6.07) is 22.3. The lowest BCUT2D eigenvalue weighted by Crippen LogP contribution is -2.44. The average molecular weight is 812 g/mol. The second-order valence-corrected chi connectivity index (χ2v) is 14.2. The monoisotopic (exact) mass is 811 g/mol. The van der Waals surface area contributed by atoms with Gasteiger partial charge in [0, 0.05) is 36.3 Å². The van der Waals surface area contributed by atoms with Crippen molar-refractivity contribution in [2.24, 2.45) is 5.92 Å². The highest BCUT2D eigenvalue weighted by Gasteiger charge is 2.31. The van der Waals surface area contributed by atoms with Crippen LogP contribution in [-0.2, 0) is 27.4 Å². The van der Waals surface area contributed by atoms with Gasteiger partial charge in [0.05, 0.1) is 24.1 Å². The first kappa shape index (κ1) is 41.4. The maximum Gasteiger partial charge on any atom is 0.413 e. The van der Waals surface area contributed by atoms with Gasteiger partial charge in [0.15, 0.2) is 5.82 Å². The van der Waals surface area contributed by atoms with Crippen LogP contribution in [0.25, 0.3) is 21.5 Å². The highest BCUT2D eigenvalue weighted by Crippen LogP contribution is 2.23. The molecule has 0 fully saturated rings. The number of anilines is 2. The predicted octanol–water partition coefficient (Wildman–Crippen LogP) is 7.25. The zero-order valence-corrected chi connectivity index (χ0v) is 32.8. The molecular weight excluding hydrogens is 769 g/mol. The number of benzene rings is 3. The normalized spacial score (nSPS) is 12.9. The van der Waals surface area contributed by atoms with Crippen LogP contribution in [0.1, 0.15) is 43.1 Å². The van der Waals surface area contributed by atoms with E-state index in [1.165, 1.54) is 12.1 Å². The summed E-state index contributed by atoms with van der Waals surface area (Å²) in [5, 5.41) is 19.0. The fourth-order valence-corrected chi connectivity index (χ4v) is 6.20. The van der Waals surface area contributed by atoms with E-state index < -0.39 is 42.0 Å². The molecule has 0 aliphatic heterocycles. The molecule has 3 aromatic carbocycles. The molecule has 302 valence electrons. The molecule has 3 unspecified atom stereocenters. The maximum atomic E-state index is 14.1. The lowest BCUT2D eigenvalue weighted by Gasteiger charge is -2.26. The Morgan fingerprint density at radius 1 is 0.879 bits per heavy atom. The molecule has 3 aromatic heterocycles. The number of aromatic nitrogens is 4. The van der Waals surface area contributed by atoms with E-state index in [2.05, 4.69) is 41.4 Å². The highest BCUT2D eigenvalue weighted by molar-refractivity contribution is 6.31. The molecule has 0 saturated heterocycles. The fraction of sp³-hybridized carbons (Fsp3) is 0.293. The number of pyridine rings is 2. The summed E-state index contributed by atoms with van der Waals surface area (Å²) in [6.45, 7) is 2.12. The molecule has 0 radical (unpaired) electrons. The largest absolute Gasteiger partial charge is 0.449 e. The molecule has 17 heteroatoms. The van der Waals surface area contributed by atoms with Gasteiger partial charge in [-0.15, -0.1) is 0 Å². The first-order valence-electron chi connectivity index (χ1n) is 18.5. The first-order chi connectivity index (χ1) is 28.0. The van der Waals surface area contributed by atoms with Crippen molar-refractivity contribution >= 4 is 62.9 Å². The SMILES string of the molecule is CC(C(=O)NC(CCCOC(=O)Nc1cc2ccccc2cn1)c1nc(CN(C)C)no1)C(CNCc1cccc(F)c1Cl)OC(=O)Nc1cc2ccccc2cn1. The molecule has 15 nitrogen and oxygen atoms in total. The number of halogens is 2. The quantitative estimate of drug-likeness (QED) is 0.0678. The van der Waals surface area contributed by atoms with Gasteiger partial charge in [-0.25, -0.2) is 23.9 Å². The van der Waals surface area contributed by atoms with E-state index in [1.807, 2.05) is 67.5 Å². The van der Waals surface area contributed by atoms with Crippen molar-refractivity contribution in [1.29, 1.82) is 0 Å². The number of nitrogens with zero attached hydrogens (tertiary/aromatic N) is 5. The van der Waals surface area contributed by atoms with Crippen LogP contribution in [0, 0.1) is 11.7 Å². The standard InChI is InChI=1S/C41H43ClFN9O6/c1-25(33(23-44-20-30-14-8-15-31(43)37(30)42)57-41(55)50-35-19-27-11-5-7-13-29(27)22-46-35)38(53)47-32(39-48-36(51-58-39)24-52(2)3)16-9-17-56-40(54)49-34-18-26-10-4-6-12-28(26)21-45-34/h4-8,10-15,18-19,21-22,25,32-33,44H,9,16-17,20,23-24H2,1-3H3,(H,47,53)(H,45,49,54)(H,46,50,55). The minimum absolute atomic E-state index is 0.00130. The third-order valence-electron chi connectivity index (χ3n) is 9.07. The lowest BCUT2D eigenvalue weighted by atomic mass is 10.0. The second kappa shape index (κ2) is 19.8. The minimum Gasteiger partial charge on any atom is -0.449 e. The van der Waals surface area contributed by atoms with Gasteiger partial charge < -0.3 is 29.5 Å². The Morgan fingerprint density at radius 2 is 1.52 bits per heavy atom. The van der Waals surface area contributed by atoms with Crippen LogP contribution in [0.3, 0.4) is 0 Å². The number of carbonyl (C=O) groups is 3. The Labute approximate surface area is 338 Å². The third-order valence-corrected chi connectivity index (χ3v) is 9.49. The number of ether oxygens (including phenoxy) is 2. The summed E-state index contributed by atoms with van der Waals surface area (Å²) >= 11 is 6.17. The van der Waals surface area contributed by atoms with Gasteiger partial charge in [0.2, 0.25) is 11.8 Å². The Kier molecular flexibility index (Phi) is 14.1. The number of hydrogen-bond donors (Lipinski definition) is 4. The molecule has 58 heavy (non-hydrogen) atoms. The van der Waals surface area contributed by atoms with Gasteiger partial charge in [-0.2, -0.15) is 4.98 Å². The fourth-order valence-electron chi connectivity index (χ4n) is 6.01. The molecule has 0 bridgehead atoms. The molecule has 3 atom stereocenters. The molecule has 6 aromatic rings. The van der Waals surface area contributed by atoms with Crippen molar-refractivity contribution in [3.05, 3.63) is 119 Å². The molecule has 0 aliphatic carbocycles. The van der Waals surface area contributed by atoms with Crippen molar-refractivity contribution in [2.45, 2.75) is 45.0 Å². The molecular formula is C41H43ClFN9O6. The van der Waals surface area contributed by atoms with Crippen molar-refractivity contribution < 1.29 is 32.8 Å². The lowest BCUT2D eigenvalue weighted by molar-refractivity contribution is -0.128. The van der Waals surface area contributed by atoms with Gasteiger partial charge in [-0.1, -0.05) is 77.4 Å². The van der Waals surface area contributed by atoms with Gasteiger partial charge >= 0.3 is 12.2 Å². The number of carbonyl (C=O) groups excluding carboxylic acids is 3. The second-order valence-electron chi connectivity index (χ2n) is 13.8. The van der Waals surface area contributed by atoms with E-state index in [-0.39, 0.29) is 42.8 Å². The topological polar surface area (TPSA) is 186 Å². The summed E-state index contributed by atoms with van der Waals surface area (Å²) in [5.41, 5.74) is 0.483. The van der Waals surface area contributed by atoms with Crippen LogP contribution >= 0.6 is 11.6 Å². The minimum atomic E-state index is -1.03. The van der Waals surface area contributed by atoms with Crippen LogP contribution in [0.4, 0.5) is 25.6 Å². The van der Waals surface area contributed by atoms with Crippen LogP contribution in [0.5, 0.6) is 0 Å². The Hall–Kier alpha value is -6.23. The van der Waals surface area contributed by atoms with Crippen molar-refractivity contribution in [1.82, 2.24) is 35.6 Å².